The van der Waals surface area contributed by atoms with Gasteiger partial charge in [-0.2, -0.15) is 0 Å². The lowest BCUT2D eigenvalue weighted by Gasteiger charge is -2.11. The van der Waals surface area contributed by atoms with Crippen LogP contribution in [0.4, 0.5) is 0 Å². The first-order valence-corrected chi connectivity index (χ1v) is 5.35. The minimum absolute atomic E-state index is 0.638. The maximum absolute atomic E-state index is 2.33. The molecule has 0 bridgehead atoms. The third-order valence-electron chi connectivity index (χ3n) is 3.36. The summed E-state index contributed by atoms with van der Waals surface area (Å²) in [6.07, 6.45) is 6.90. The highest BCUT2D eigenvalue weighted by atomic mass is 14.3. The second kappa shape index (κ2) is 2.40. The van der Waals surface area contributed by atoms with Crippen LogP contribution in [0.15, 0.2) is 48.6 Å². The van der Waals surface area contributed by atoms with Gasteiger partial charge in [-0.3, -0.25) is 0 Å². The van der Waals surface area contributed by atoms with Crippen LogP contribution in [0.3, 0.4) is 0 Å². The van der Waals surface area contributed by atoms with Gasteiger partial charge in [-0.15, -0.1) is 0 Å². The van der Waals surface area contributed by atoms with E-state index in [2.05, 4.69) is 54.6 Å². The van der Waals surface area contributed by atoms with E-state index in [0.717, 1.165) is 0 Å². The van der Waals surface area contributed by atoms with Gasteiger partial charge < -0.3 is 0 Å². The quantitative estimate of drug-likeness (QED) is 0.591. The fourth-order valence-corrected chi connectivity index (χ4v) is 2.50. The Kier molecular flexibility index (Phi) is 1.20. The van der Waals surface area contributed by atoms with E-state index in [1.807, 2.05) is 0 Å². The number of benzene rings is 2. The highest BCUT2D eigenvalue weighted by Crippen LogP contribution is 2.46. The first-order chi connectivity index (χ1) is 7.43. The molecule has 0 amide bonds. The van der Waals surface area contributed by atoms with E-state index in [0.29, 0.717) is 5.92 Å². The van der Waals surface area contributed by atoms with Crippen molar-refractivity contribution in [3.8, 4) is 0 Å². The highest BCUT2D eigenvalue weighted by molar-refractivity contribution is 6.01. The van der Waals surface area contributed by atoms with Crippen LogP contribution in [0.25, 0.3) is 22.4 Å². The van der Waals surface area contributed by atoms with Crippen molar-refractivity contribution in [1.82, 2.24) is 0 Å². The molecule has 2 aliphatic rings. The van der Waals surface area contributed by atoms with Crippen LogP contribution in [0, 0.1) is 5.92 Å². The van der Waals surface area contributed by atoms with Gasteiger partial charge in [-0.25, -0.2) is 0 Å². The molecule has 0 heterocycles. The smallest absolute Gasteiger partial charge is 0.0211 e. The summed E-state index contributed by atoms with van der Waals surface area (Å²) >= 11 is 0. The molecule has 2 aromatic carbocycles. The van der Waals surface area contributed by atoms with Crippen molar-refractivity contribution >= 4 is 22.4 Å². The molecule has 0 fully saturated rings. The van der Waals surface area contributed by atoms with E-state index in [9.17, 15) is 0 Å². The topological polar surface area (TPSA) is 0 Å². The zero-order valence-electron chi connectivity index (χ0n) is 8.27. The van der Waals surface area contributed by atoms with Crippen LogP contribution in [0.5, 0.6) is 0 Å². The van der Waals surface area contributed by atoms with E-state index in [1.54, 1.807) is 0 Å². The van der Waals surface area contributed by atoms with Crippen molar-refractivity contribution in [3.63, 3.8) is 0 Å². The van der Waals surface area contributed by atoms with Gasteiger partial charge in [-0.05, 0) is 27.5 Å². The molecular weight excluding hydrogens is 180 g/mol. The molecule has 0 aliphatic heterocycles. The number of allylic oxidation sites excluding steroid dienone is 3. The standard InChI is InChI=1S/C15H10/c1-2-4-12-10(3-1)5-7-14-13(12)8-6-11-9-15(11)14/h1-9,11H. The predicted molar refractivity (Wildman–Crippen MR) is 64.4 cm³/mol. The van der Waals surface area contributed by atoms with E-state index < -0.39 is 0 Å². The van der Waals surface area contributed by atoms with Crippen molar-refractivity contribution < 1.29 is 0 Å². The Hall–Kier alpha value is -1.82. The Balaban J connectivity index is 2.17. The van der Waals surface area contributed by atoms with E-state index >= 15 is 0 Å². The fourth-order valence-electron chi connectivity index (χ4n) is 2.50. The lowest BCUT2D eigenvalue weighted by atomic mass is 9.92. The normalized spacial score (nSPS) is 20.8. The second-order valence-corrected chi connectivity index (χ2v) is 4.25. The summed E-state index contributed by atoms with van der Waals surface area (Å²) in [6, 6.07) is 13.1. The van der Waals surface area contributed by atoms with Gasteiger partial charge in [0.15, 0.2) is 0 Å². The first-order valence-electron chi connectivity index (χ1n) is 5.35. The molecule has 1 atom stereocenters. The van der Waals surface area contributed by atoms with Crippen LogP contribution in [-0.2, 0) is 0 Å². The van der Waals surface area contributed by atoms with Crippen LogP contribution in [-0.4, -0.2) is 0 Å². The summed E-state index contributed by atoms with van der Waals surface area (Å²) in [6.45, 7) is 0. The Bertz CT molecular complexity index is 630. The molecule has 0 radical (unpaired) electrons. The maximum atomic E-state index is 2.33. The summed E-state index contributed by atoms with van der Waals surface area (Å²) in [5.41, 5.74) is 4.34. The summed E-state index contributed by atoms with van der Waals surface area (Å²) in [5.74, 6) is 0.638. The Morgan fingerprint density at radius 3 is 2.87 bits per heavy atom. The van der Waals surface area contributed by atoms with Crippen LogP contribution in [0.2, 0.25) is 0 Å². The average Bonchev–Trinajstić information content (AvgIpc) is 3.07. The monoisotopic (exact) mass is 190 g/mol. The third-order valence-corrected chi connectivity index (χ3v) is 3.36. The summed E-state index contributed by atoms with van der Waals surface area (Å²) < 4.78 is 0. The van der Waals surface area contributed by atoms with Gasteiger partial charge in [0, 0.05) is 5.92 Å². The molecule has 2 aromatic rings. The SMILES string of the molecule is C1=CC2C=C2c2ccc3ccccc3c21. The number of hydrogen-bond donors (Lipinski definition) is 0. The maximum Gasteiger partial charge on any atom is 0.0211 e. The van der Waals surface area contributed by atoms with Crippen molar-refractivity contribution in [2.45, 2.75) is 0 Å². The zero-order chi connectivity index (χ0) is 9.83. The number of rotatable bonds is 0. The minimum atomic E-state index is 0.638. The molecule has 0 aromatic heterocycles. The Labute approximate surface area is 88.5 Å². The lowest BCUT2D eigenvalue weighted by Crippen LogP contribution is -1.91. The summed E-state index contributed by atoms with van der Waals surface area (Å²) in [5, 5.41) is 2.71. The van der Waals surface area contributed by atoms with Gasteiger partial charge in [0.1, 0.15) is 0 Å². The fraction of sp³-hybridized carbons (Fsp3) is 0.0667. The molecule has 0 spiro atoms. The van der Waals surface area contributed by atoms with Crippen molar-refractivity contribution in [3.05, 3.63) is 59.7 Å². The largest absolute Gasteiger partial charge is 0.0726 e. The molecule has 70 valence electrons. The van der Waals surface area contributed by atoms with Gasteiger partial charge >= 0.3 is 0 Å². The molecule has 2 aliphatic carbocycles. The lowest BCUT2D eigenvalue weighted by molar-refractivity contribution is 1.26. The second-order valence-electron chi connectivity index (χ2n) is 4.25. The van der Waals surface area contributed by atoms with Crippen LogP contribution >= 0.6 is 0 Å². The Morgan fingerprint density at radius 1 is 0.933 bits per heavy atom. The predicted octanol–water partition coefficient (Wildman–Crippen LogP) is 3.88. The third kappa shape index (κ3) is 0.913. The van der Waals surface area contributed by atoms with E-state index in [1.165, 1.54) is 27.5 Å². The van der Waals surface area contributed by atoms with Gasteiger partial charge in [0.25, 0.3) is 0 Å². The molecule has 4 rings (SSSR count). The van der Waals surface area contributed by atoms with Crippen LogP contribution < -0.4 is 0 Å². The summed E-state index contributed by atoms with van der Waals surface area (Å²) in [7, 11) is 0. The molecule has 0 saturated carbocycles. The average molecular weight is 190 g/mol. The molecule has 0 heteroatoms. The van der Waals surface area contributed by atoms with Gasteiger partial charge in [-0.1, -0.05) is 54.6 Å². The van der Waals surface area contributed by atoms with Crippen LogP contribution in [0.1, 0.15) is 11.1 Å². The molecule has 1 unspecified atom stereocenters. The van der Waals surface area contributed by atoms with Crippen molar-refractivity contribution in [2.75, 3.05) is 0 Å². The Morgan fingerprint density at radius 2 is 1.87 bits per heavy atom. The molecule has 15 heavy (non-hydrogen) atoms. The molecule has 0 saturated heterocycles. The van der Waals surface area contributed by atoms with E-state index in [-0.39, 0.29) is 0 Å². The first kappa shape index (κ1) is 7.47. The molecule has 0 N–H and O–H groups in total. The van der Waals surface area contributed by atoms with Crippen molar-refractivity contribution in [2.24, 2.45) is 5.92 Å². The van der Waals surface area contributed by atoms with Gasteiger partial charge in [0.05, 0.1) is 0 Å². The van der Waals surface area contributed by atoms with Crippen molar-refractivity contribution in [1.29, 1.82) is 0 Å². The summed E-state index contributed by atoms with van der Waals surface area (Å²) in [4.78, 5) is 0. The molecule has 0 nitrogen and oxygen atoms in total. The zero-order valence-corrected chi connectivity index (χ0v) is 8.27. The highest BCUT2D eigenvalue weighted by Gasteiger charge is 2.28. The molecular formula is C15H10. The number of fused-ring (bicyclic) bond motifs is 5. The number of hydrogen-bond acceptors (Lipinski definition) is 0. The van der Waals surface area contributed by atoms with E-state index in [4.69, 9.17) is 0 Å². The minimum Gasteiger partial charge on any atom is -0.0726 e. The van der Waals surface area contributed by atoms with Gasteiger partial charge in [0.2, 0.25) is 0 Å².